The summed E-state index contributed by atoms with van der Waals surface area (Å²) in [4.78, 5) is 32.6. The van der Waals surface area contributed by atoms with Crippen LogP contribution in [0.4, 0.5) is 10.2 Å². The Labute approximate surface area is 192 Å². The van der Waals surface area contributed by atoms with E-state index in [1.165, 1.54) is 21.6 Å². The lowest BCUT2D eigenvalue weighted by Crippen LogP contribution is -2.20. The molecule has 0 atom stereocenters. The Morgan fingerprint density at radius 2 is 1.91 bits per heavy atom. The molecule has 0 aliphatic heterocycles. The maximum atomic E-state index is 14.4. The first-order valence-electron chi connectivity index (χ1n) is 10.5. The van der Waals surface area contributed by atoms with Gasteiger partial charge in [-0.05, 0) is 31.5 Å². The number of fused-ring (bicyclic) bond motifs is 1. The van der Waals surface area contributed by atoms with Crippen molar-refractivity contribution in [3.63, 3.8) is 0 Å². The third-order valence-corrected chi connectivity index (χ3v) is 5.25. The van der Waals surface area contributed by atoms with Gasteiger partial charge in [0, 0.05) is 6.07 Å². The highest BCUT2D eigenvalue weighted by atomic mass is 19.1. The van der Waals surface area contributed by atoms with E-state index in [1.54, 1.807) is 31.2 Å². The van der Waals surface area contributed by atoms with Gasteiger partial charge in [0.1, 0.15) is 22.7 Å². The zero-order chi connectivity index (χ0) is 23.8. The summed E-state index contributed by atoms with van der Waals surface area (Å²) in [6.07, 6.45) is 1.51. The summed E-state index contributed by atoms with van der Waals surface area (Å²) < 4.78 is 17.0. The summed E-state index contributed by atoms with van der Waals surface area (Å²) in [6.45, 7) is 3.72. The van der Waals surface area contributed by atoms with E-state index in [9.17, 15) is 14.0 Å². The van der Waals surface area contributed by atoms with Crippen molar-refractivity contribution in [3.8, 4) is 11.6 Å². The van der Waals surface area contributed by atoms with Gasteiger partial charge in [0.05, 0.1) is 18.3 Å². The Morgan fingerprint density at radius 3 is 2.71 bits per heavy atom. The van der Waals surface area contributed by atoms with E-state index in [2.05, 4.69) is 25.5 Å². The SMILES string of the molecule is Cc1cccc(CC(=O)Nc2cc(C)nn2-c2nc3c(cnn3-c3ccccc3F)c(=O)[nH]2)c1. The normalized spacial score (nSPS) is 11.1. The monoisotopic (exact) mass is 457 g/mol. The third kappa shape index (κ3) is 3.96. The second-order valence-electron chi connectivity index (χ2n) is 7.93. The predicted molar refractivity (Wildman–Crippen MR) is 125 cm³/mol. The van der Waals surface area contributed by atoms with E-state index in [1.807, 2.05) is 31.2 Å². The van der Waals surface area contributed by atoms with Gasteiger partial charge in [0.25, 0.3) is 5.56 Å². The number of aromatic amines is 1. The molecule has 3 aromatic heterocycles. The summed E-state index contributed by atoms with van der Waals surface area (Å²) in [6, 6.07) is 15.4. The van der Waals surface area contributed by atoms with Gasteiger partial charge in [-0.2, -0.15) is 19.9 Å². The molecule has 5 rings (SSSR count). The molecule has 5 aromatic rings. The van der Waals surface area contributed by atoms with Crippen molar-refractivity contribution >= 4 is 22.8 Å². The number of aromatic nitrogens is 6. The van der Waals surface area contributed by atoms with Crippen LogP contribution in [0, 0.1) is 19.7 Å². The van der Waals surface area contributed by atoms with Gasteiger partial charge < -0.3 is 5.32 Å². The van der Waals surface area contributed by atoms with Gasteiger partial charge in [-0.1, -0.05) is 42.0 Å². The first kappa shape index (κ1) is 21.3. The van der Waals surface area contributed by atoms with Crippen molar-refractivity contribution in [2.45, 2.75) is 20.3 Å². The molecule has 0 unspecified atom stereocenters. The molecular formula is C24H20FN7O2. The number of anilines is 1. The van der Waals surface area contributed by atoms with E-state index < -0.39 is 11.4 Å². The standard InChI is InChI=1S/C24H20FN7O2/c1-14-6-5-7-16(10-14)12-21(33)27-20-11-15(2)30-32(20)24-28-22-17(23(34)29-24)13-26-31(22)19-9-4-3-8-18(19)25/h3-11,13H,12H2,1-2H3,(H,27,33)(H,28,29,34). The minimum Gasteiger partial charge on any atom is -0.310 e. The van der Waals surface area contributed by atoms with Gasteiger partial charge in [-0.25, -0.2) is 9.07 Å². The fourth-order valence-electron chi connectivity index (χ4n) is 3.75. The zero-order valence-electron chi connectivity index (χ0n) is 18.4. The largest absolute Gasteiger partial charge is 0.310 e. The number of rotatable bonds is 5. The van der Waals surface area contributed by atoms with Crippen molar-refractivity contribution < 1.29 is 9.18 Å². The number of amides is 1. The molecule has 0 radical (unpaired) electrons. The van der Waals surface area contributed by atoms with Crippen molar-refractivity contribution in [1.29, 1.82) is 0 Å². The van der Waals surface area contributed by atoms with Crippen LogP contribution in [-0.2, 0) is 11.2 Å². The minimum absolute atomic E-state index is 0.0644. The van der Waals surface area contributed by atoms with Gasteiger partial charge in [0.15, 0.2) is 5.65 Å². The second-order valence-corrected chi connectivity index (χ2v) is 7.93. The van der Waals surface area contributed by atoms with Crippen molar-refractivity contribution in [2.24, 2.45) is 0 Å². The summed E-state index contributed by atoms with van der Waals surface area (Å²) in [5.74, 6) is -0.342. The predicted octanol–water partition coefficient (Wildman–Crippen LogP) is 3.23. The van der Waals surface area contributed by atoms with Crippen LogP contribution in [-0.4, -0.2) is 35.4 Å². The van der Waals surface area contributed by atoms with E-state index in [0.717, 1.165) is 11.1 Å². The zero-order valence-corrected chi connectivity index (χ0v) is 18.4. The third-order valence-electron chi connectivity index (χ3n) is 5.25. The molecule has 1 amide bonds. The number of nitrogens with one attached hydrogen (secondary N) is 2. The number of nitrogens with zero attached hydrogens (tertiary/aromatic N) is 5. The van der Waals surface area contributed by atoms with Crippen LogP contribution in [0.1, 0.15) is 16.8 Å². The van der Waals surface area contributed by atoms with Crippen LogP contribution < -0.4 is 10.9 Å². The fourth-order valence-corrected chi connectivity index (χ4v) is 3.75. The molecule has 2 N–H and O–H groups in total. The van der Waals surface area contributed by atoms with Crippen LogP contribution in [0.5, 0.6) is 0 Å². The highest BCUT2D eigenvalue weighted by Gasteiger charge is 2.18. The molecule has 34 heavy (non-hydrogen) atoms. The Hall–Kier alpha value is -4.60. The number of aryl methyl sites for hydroxylation is 2. The number of halogens is 1. The number of hydrogen-bond donors (Lipinski definition) is 2. The van der Waals surface area contributed by atoms with E-state index in [0.29, 0.717) is 11.5 Å². The number of benzene rings is 2. The molecular weight excluding hydrogens is 437 g/mol. The van der Waals surface area contributed by atoms with Gasteiger partial charge >= 0.3 is 0 Å². The molecule has 170 valence electrons. The summed E-state index contributed by atoms with van der Waals surface area (Å²) in [5.41, 5.74) is 2.40. The van der Waals surface area contributed by atoms with Crippen LogP contribution in [0.2, 0.25) is 0 Å². The van der Waals surface area contributed by atoms with E-state index >= 15 is 0 Å². The highest BCUT2D eigenvalue weighted by molar-refractivity contribution is 5.91. The lowest BCUT2D eigenvalue weighted by atomic mass is 10.1. The Balaban J connectivity index is 1.53. The molecule has 0 spiro atoms. The molecule has 10 heteroatoms. The van der Waals surface area contributed by atoms with E-state index in [4.69, 9.17) is 0 Å². The molecule has 0 saturated heterocycles. The lowest BCUT2D eigenvalue weighted by molar-refractivity contribution is -0.115. The molecule has 0 saturated carbocycles. The Bertz CT molecular complexity index is 1600. The van der Waals surface area contributed by atoms with Crippen LogP contribution in [0.25, 0.3) is 22.7 Å². The Morgan fingerprint density at radius 1 is 1.09 bits per heavy atom. The molecule has 0 aliphatic carbocycles. The quantitative estimate of drug-likeness (QED) is 0.421. The average Bonchev–Trinajstić information content (AvgIpc) is 3.37. The number of para-hydroxylation sites is 1. The minimum atomic E-state index is -0.504. The van der Waals surface area contributed by atoms with Crippen molar-refractivity contribution in [3.05, 3.63) is 93.8 Å². The second kappa shape index (κ2) is 8.39. The summed E-state index contributed by atoms with van der Waals surface area (Å²) >= 11 is 0. The first-order chi connectivity index (χ1) is 16.4. The molecule has 9 nitrogen and oxygen atoms in total. The molecule has 3 heterocycles. The first-order valence-corrected chi connectivity index (χ1v) is 10.5. The van der Waals surface area contributed by atoms with E-state index in [-0.39, 0.29) is 35.0 Å². The lowest BCUT2D eigenvalue weighted by Gasteiger charge is -2.09. The van der Waals surface area contributed by atoms with Crippen LogP contribution in [0.15, 0.2) is 65.6 Å². The maximum absolute atomic E-state index is 14.4. The number of carbonyl (C=O) groups is 1. The van der Waals surface area contributed by atoms with Crippen molar-refractivity contribution in [2.75, 3.05) is 5.32 Å². The highest BCUT2D eigenvalue weighted by Crippen LogP contribution is 2.19. The average molecular weight is 457 g/mol. The van der Waals surface area contributed by atoms with Crippen LogP contribution in [0.3, 0.4) is 0 Å². The van der Waals surface area contributed by atoms with Crippen LogP contribution >= 0.6 is 0 Å². The number of H-pyrrole nitrogens is 1. The van der Waals surface area contributed by atoms with Crippen molar-refractivity contribution in [1.82, 2.24) is 29.5 Å². The molecule has 0 fully saturated rings. The molecule has 0 bridgehead atoms. The fraction of sp³-hybridized carbons (Fsp3) is 0.125. The molecule has 2 aromatic carbocycles. The van der Waals surface area contributed by atoms with Gasteiger partial charge in [-0.3, -0.25) is 14.6 Å². The Kier molecular flexibility index (Phi) is 5.25. The maximum Gasteiger partial charge on any atom is 0.263 e. The summed E-state index contributed by atoms with van der Waals surface area (Å²) in [7, 11) is 0. The molecule has 0 aliphatic rings. The van der Waals surface area contributed by atoms with Gasteiger partial charge in [0.2, 0.25) is 11.9 Å². The summed E-state index contributed by atoms with van der Waals surface area (Å²) in [5, 5.41) is 11.5. The van der Waals surface area contributed by atoms with Gasteiger partial charge in [-0.15, -0.1) is 0 Å². The number of hydrogen-bond acceptors (Lipinski definition) is 5. The smallest absolute Gasteiger partial charge is 0.263 e. The number of carbonyl (C=O) groups excluding carboxylic acids is 1. The topological polar surface area (TPSA) is 110 Å².